The van der Waals surface area contributed by atoms with E-state index in [-0.39, 0.29) is 0 Å². The summed E-state index contributed by atoms with van der Waals surface area (Å²) in [5.41, 5.74) is 7.56. The van der Waals surface area contributed by atoms with Crippen molar-refractivity contribution in [1.82, 2.24) is 0 Å². The number of ether oxygens (including phenoxy) is 1. The topological polar surface area (TPSA) is 47.3 Å². The van der Waals surface area contributed by atoms with Crippen LogP contribution in [0.5, 0.6) is 5.75 Å². The van der Waals surface area contributed by atoms with Gasteiger partial charge < -0.3 is 15.8 Å². The molecule has 0 amide bonds. The first-order chi connectivity index (χ1) is 8.71. The van der Waals surface area contributed by atoms with E-state index >= 15 is 0 Å². The van der Waals surface area contributed by atoms with Gasteiger partial charge in [0.1, 0.15) is 5.75 Å². The zero-order chi connectivity index (χ0) is 13.4. The molecule has 1 unspecified atom stereocenters. The predicted octanol–water partition coefficient (Wildman–Crippen LogP) is 3.91. The maximum absolute atomic E-state index is 5.80. The lowest BCUT2D eigenvalue weighted by molar-refractivity contribution is 0.417. The molecule has 0 saturated carbocycles. The summed E-state index contributed by atoms with van der Waals surface area (Å²) in [7, 11) is 1.64. The second-order valence-corrected chi connectivity index (χ2v) is 4.75. The van der Waals surface area contributed by atoms with E-state index in [2.05, 4.69) is 19.2 Å². The molecule has 3 nitrogen and oxygen atoms in total. The molecule has 3 heteroatoms. The summed E-state index contributed by atoms with van der Waals surface area (Å²) < 4.78 is 5.22. The highest BCUT2D eigenvalue weighted by molar-refractivity contribution is 5.61. The molecule has 1 aromatic carbocycles. The predicted molar refractivity (Wildman–Crippen MR) is 79.2 cm³/mol. The molecule has 0 spiro atoms. The highest BCUT2D eigenvalue weighted by Gasteiger charge is 2.06. The fraction of sp³-hybridized carbons (Fsp3) is 0.600. The van der Waals surface area contributed by atoms with Crippen molar-refractivity contribution in [2.45, 2.75) is 39.5 Å². The third-order valence-electron chi connectivity index (χ3n) is 3.37. The van der Waals surface area contributed by atoms with E-state index in [9.17, 15) is 0 Å². The molecule has 0 radical (unpaired) electrons. The fourth-order valence-electron chi connectivity index (χ4n) is 2.03. The van der Waals surface area contributed by atoms with Crippen molar-refractivity contribution in [3.05, 3.63) is 18.2 Å². The first-order valence-corrected chi connectivity index (χ1v) is 6.88. The Morgan fingerprint density at radius 1 is 1.33 bits per heavy atom. The summed E-state index contributed by atoms with van der Waals surface area (Å²) in [6.45, 7) is 5.51. The van der Waals surface area contributed by atoms with Crippen LogP contribution in [0.25, 0.3) is 0 Å². The summed E-state index contributed by atoms with van der Waals surface area (Å²) in [6.07, 6.45) is 5.10. The summed E-state index contributed by atoms with van der Waals surface area (Å²) in [5, 5.41) is 3.47. The second kappa shape index (κ2) is 7.85. The van der Waals surface area contributed by atoms with E-state index in [1.807, 2.05) is 18.2 Å². The van der Waals surface area contributed by atoms with Crippen LogP contribution in [0.1, 0.15) is 39.5 Å². The summed E-state index contributed by atoms with van der Waals surface area (Å²) in [6, 6.07) is 5.85. The van der Waals surface area contributed by atoms with Gasteiger partial charge in [-0.15, -0.1) is 0 Å². The maximum Gasteiger partial charge on any atom is 0.143 e. The fourth-order valence-corrected chi connectivity index (χ4v) is 2.03. The van der Waals surface area contributed by atoms with E-state index < -0.39 is 0 Å². The average molecular weight is 250 g/mol. The van der Waals surface area contributed by atoms with Crippen LogP contribution < -0.4 is 15.8 Å². The Bertz CT molecular complexity index is 352. The summed E-state index contributed by atoms with van der Waals surface area (Å²) >= 11 is 0. The number of anilines is 2. The van der Waals surface area contributed by atoms with Crippen molar-refractivity contribution >= 4 is 11.4 Å². The molecule has 0 aliphatic rings. The summed E-state index contributed by atoms with van der Waals surface area (Å²) in [5.74, 6) is 1.48. The van der Waals surface area contributed by atoms with Gasteiger partial charge in [0.25, 0.3) is 0 Å². The van der Waals surface area contributed by atoms with Gasteiger partial charge in [-0.1, -0.05) is 33.1 Å². The van der Waals surface area contributed by atoms with Crippen LogP contribution >= 0.6 is 0 Å². The van der Waals surface area contributed by atoms with E-state index in [0.717, 1.165) is 23.9 Å². The number of nitrogens with one attached hydrogen (secondary N) is 1. The largest absolute Gasteiger partial charge is 0.495 e. The molecule has 0 aromatic heterocycles. The van der Waals surface area contributed by atoms with E-state index in [4.69, 9.17) is 10.5 Å². The minimum absolute atomic E-state index is 0.682. The number of methoxy groups -OCH3 is 1. The zero-order valence-corrected chi connectivity index (χ0v) is 11.8. The molecule has 18 heavy (non-hydrogen) atoms. The molecule has 1 atom stereocenters. The van der Waals surface area contributed by atoms with Gasteiger partial charge in [0.15, 0.2) is 0 Å². The quantitative estimate of drug-likeness (QED) is 0.688. The van der Waals surface area contributed by atoms with Gasteiger partial charge in [-0.05, 0) is 24.5 Å². The average Bonchev–Trinajstić information content (AvgIpc) is 2.40. The molecule has 102 valence electrons. The molecule has 0 aliphatic carbocycles. The lowest BCUT2D eigenvalue weighted by atomic mass is 9.99. The molecule has 3 N–H and O–H groups in total. The van der Waals surface area contributed by atoms with Crippen LogP contribution in [0, 0.1) is 5.92 Å². The number of nitrogen functional groups attached to an aromatic ring is 1. The van der Waals surface area contributed by atoms with Crippen molar-refractivity contribution in [2.24, 2.45) is 5.92 Å². The smallest absolute Gasteiger partial charge is 0.143 e. The number of hydrogen-bond acceptors (Lipinski definition) is 3. The molecule has 1 rings (SSSR count). The Kier molecular flexibility index (Phi) is 6.40. The van der Waals surface area contributed by atoms with Gasteiger partial charge in [0.05, 0.1) is 12.8 Å². The van der Waals surface area contributed by atoms with Gasteiger partial charge in [-0.25, -0.2) is 0 Å². The normalized spacial score (nSPS) is 12.2. The standard InChI is InChI=1S/C15H26N2O/c1-4-6-7-12(5-2)11-17-13-8-9-14(16)15(10-13)18-3/h8-10,12,17H,4-7,11,16H2,1-3H3. The van der Waals surface area contributed by atoms with Gasteiger partial charge in [-0.2, -0.15) is 0 Å². The first kappa shape index (κ1) is 14.7. The van der Waals surface area contributed by atoms with Crippen molar-refractivity contribution in [1.29, 1.82) is 0 Å². The summed E-state index contributed by atoms with van der Waals surface area (Å²) in [4.78, 5) is 0. The molecule has 0 aliphatic heterocycles. The highest BCUT2D eigenvalue weighted by Crippen LogP contribution is 2.25. The van der Waals surface area contributed by atoms with Crippen LogP contribution in [0.4, 0.5) is 11.4 Å². The number of hydrogen-bond donors (Lipinski definition) is 2. The zero-order valence-electron chi connectivity index (χ0n) is 11.8. The molecular formula is C15H26N2O. The Hall–Kier alpha value is -1.38. The molecule has 1 aromatic rings. The van der Waals surface area contributed by atoms with Crippen molar-refractivity contribution in [2.75, 3.05) is 24.7 Å². The van der Waals surface area contributed by atoms with Crippen LogP contribution in [0.15, 0.2) is 18.2 Å². The Morgan fingerprint density at radius 3 is 2.72 bits per heavy atom. The first-order valence-electron chi connectivity index (χ1n) is 6.88. The van der Waals surface area contributed by atoms with E-state index in [1.165, 1.54) is 25.7 Å². The van der Waals surface area contributed by atoms with Crippen molar-refractivity contribution in [3.8, 4) is 5.75 Å². The minimum atomic E-state index is 0.682. The highest BCUT2D eigenvalue weighted by atomic mass is 16.5. The number of rotatable bonds is 8. The lowest BCUT2D eigenvalue weighted by Crippen LogP contribution is -2.13. The Labute approximate surface area is 111 Å². The van der Waals surface area contributed by atoms with Gasteiger partial charge in [0, 0.05) is 18.3 Å². The van der Waals surface area contributed by atoms with Gasteiger partial charge >= 0.3 is 0 Å². The Morgan fingerprint density at radius 2 is 2.11 bits per heavy atom. The third-order valence-corrected chi connectivity index (χ3v) is 3.37. The number of nitrogens with two attached hydrogens (primary N) is 1. The van der Waals surface area contributed by atoms with Crippen molar-refractivity contribution < 1.29 is 4.74 Å². The van der Waals surface area contributed by atoms with Crippen molar-refractivity contribution in [3.63, 3.8) is 0 Å². The SMILES string of the molecule is CCCCC(CC)CNc1ccc(N)c(OC)c1. The molecule has 0 bridgehead atoms. The Balaban J connectivity index is 2.51. The van der Waals surface area contributed by atoms with Crippen LogP contribution in [-0.4, -0.2) is 13.7 Å². The third kappa shape index (κ3) is 4.47. The molecule has 0 saturated heterocycles. The maximum atomic E-state index is 5.80. The van der Waals surface area contributed by atoms with Gasteiger partial charge in [-0.3, -0.25) is 0 Å². The molecule has 0 fully saturated rings. The molecular weight excluding hydrogens is 224 g/mol. The second-order valence-electron chi connectivity index (χ2n) is 4.75. The van der Waals surface area contributed by atoms with Crippen LogP contribution in [0.3, 0.4) is 0 Å². The minimum Gasteiger partial charge on any atom is -0.495 e. The lowest BCUT2D eigenvalue weighted by Gasteiger charge is -2.16. The van der Waals surface area contributed by atoms with Gasteiger partial charge in [0.2, 0.25) is 0 Å². The monoisotopic (exact) mass is 250 g/mol. The van der Waals surface area contributed by atoms with Crippen LogP contribution in [0.2, 0.25) is 0 Å². The molecule has 0 heterocycles. The van der Waals surface area contributed by atoms with E-state index in [1.54, 1.807) is 7.11 Å². The number of benzene rings is 1. The van der Waals surface area contributed by atoms with E-state index in [0.29, 0.717) is 5.69 Å². The number of unbranched alkanes of at least 4 members (excludes halogenated alkanes) is 1. The van der Waals surface area contributed by atoms with Crippen LogP contribution in [-0.2, 0) is 0 Å².